The number of hydrogen-bond donors (Lipinski definition) is 5. The highest BCUT2D eigenvalue weighted by Gasteiger charge is 2.43. The topological polar surface area (TPSA) is 231 Å². The van der Waals surface area contributed by atoms with E-state index >= 15 is 0 Å². The van der Waals surface area contributed by atoms with E-state index < -0.39 is 71.1 Å². The molecule has 0 aromatic heterocycles. The first-order chi connectivity index (χ1) is 28.0. The number of hydrogen-bond acceptors (Lipinski definition) is 9. The van der Waals surface area contributed by atoms with Crippen molar-refractivity contribution in [3.05, 3.63) is 59.7 Å². The molecule has 2 fully saturated rings. The fraction of sp³-hybridized carbons (Fsp3) is 0.591. The molecule has 6 N–H and O–H groups in total. The van der Waals surface area contributed by atoms with Crippen LogP contribution in [0.2, 0.25) is 0 Å². The van der Waals surface area contributed by atoms with E-state index in [4.69, 9.17) is 5.73 Å². The van der Waals surface area contributed by atoms with Crippen LogP contribution in [0.5, 0.6) is 0 Å². The van der Waals surface area contributed by atoms with Gasteiger partial charge < -0.3 is 36.4 Å². The molecule has 1 heterocycles. The molecule has 5 amide bonds. The number of rotatable bonds is 18. The van der Waals surface area contributed by atoms with Crippen molar-refractivity contribution in [2.45, 2.75) is 128 Å². The van der Waals surface area contributed by atoms with Gasteiger partial charge >= 0.3 is 11.9 Å². The number of methoxy groups -OCH3 is 1. The Kier molecular flexibility index (Phi) is 17.0. The number of primary amides is 1. The molecular weight excluding hydrogens is 759 g/mol. The largest absolute Gasteiger partial charge is 0.478 e. The first-order valence-electron chi connectivity index (χ1n) is 20.8. The standard InChI is InChI=1S/C44H61N5O10/c1-44(2,3)37(48-41(55)32(22-13-14-24-35(51)59-4)46-39(53)29-20-11-12-21-30(29)43(57)58)42(56)49-25-15-23-33(49)34(50)26-31(27-16-7-5-8-17-27)40(54)47-36(38(45)52)28-18-9-6-10-19-28/h11-12,14-15,20-21,23-24,27-28,31-33,36-37H,5-10,13,16-19,22,25-26H2,1-4H3,(H2,45,52)(H,46,53)(H,47,54)(H,48,55)(H,57,58)/b24-14+/t31-,32-,33-,36-,37+/m0/s1. The molecule has 1 aromatic carbocycles. The van der Waals surface area contributed by atoms with Crippen LogP contribution in [0.25, 0.3) is 0 Å². The Balaban J connectivity index is 1.54. The van der Waals surface area contributed by atoms with Crippen molar-refractivity contribution in [1.29, 1.82) is 0 Å². The Morgan fingerprint density at radius 3 is 2.05 bits per heavy atom. The fourth-order valence-electron chi connectivity index (χ4n) is 8.47. The summed E-state index contributed by atoms with van der Waals surface area (Å²) in [7, 11) is 1.21. The van der Waals surface area contributed by atoms with Crippen LogP contribution in [-0.4, -0.2) is 95.1 Å². The van der Waals surface area contributed by atoms with Crippen LogP contribution < -0.4 is 21.7 Å². The molecule has 322 valence electrons. The summed E-state index contributed by atoms with van der Waals surface area (Å²) in [5.41, 5.74) is 4.47. The van der Waals surface area contributed by atoms with Gasteiger partial charge in [0.15, 0.2) is 5.78 Å². The van der Waals surface area contributed by atoms with E-state index in [0.717, 1.165) is 64.2 Å². The number of carbonyl (C=O) groups is 8. The smallest absolute Gasteiger partial charge is 0.336 e. The van der Waals surface area contributed by atoms with E-state index in [-0.39, 0.29) is 60.5 Å². The van der Waals surface area contributed by atoms with Crippen molar-refractivity contribution in [3.63, 3.8) is 0 Å². The SMILES string of the molecule is COC(=O)/C=C/CC[C@H](NC(=O)c1ccccc1C(=O)O)C(=O)N[C@H](C(=O)N1CC=C[C@H]1C(=O)C[C@H](C(=O)N[C@H](C(N)=O)C1CCCCC1)C1CCCCC1)C(C)(C)C. The Morgan fingerprint density at radius 1 is 0.864 bits per heavy atom. The summed E-state index contributed by atoms with van der Waals surface area (Å²) in [4.78, 5) is 108. The second-order valence-corrected chi connectivity index (χ2v) is 17.0. The second kappa shape index (κ2) is 21.6. The van der Waals surface area contributed by atoms with Crippen molar-refractivity contribution >= 4 is 47.3 Å². The summed E-state index contributed by atoms with van der Waals surface area (Å²) in [6.45, 7) is 5.32. The van der Waals surface area contributed by atoms with Crippen LogP contribution in [0.1, 0.15) is 125 Å². The van der Waals surface area contributed by atoms with Gasteiger partial charge in [0, 0.05) is 25.0 Å². The Hall–Kier alpha value is -5.34. The van der Waals surface area contributed by atoms with Crippen molar-refractivity contribution in [3.8, 4) is 0 Å². The lowest BCUT2D eigenvalue weighted by Crippen LogP contribution is -2.60. The molecule has 4 rings (SSSR count). The average molecular weight is 820 g/mol. The van der Waals surface area contributed by atoms with Crippen LogP contribution in [-0.2, 0) is 33.5 Å². The Morgan fingerprint density at radius 2 is 1.47 bits per heavy atom. The van der Waals surface area contributed by atoms with Crippen LogP contribution in [0, 0.1) is 23.2 Å². The molecule has 0 saturated heterocycles. The number of allylic oxidation sites excluding steroid dienone is 1. The number of nitrogens with zero attached hydrogens (tertiary/aromatic N) is 1. The highest BCUT2D eigenvalue weighted by molar-refractivity contribution is 6.06. The summed E-state index contributed by atoms with van der Waals surface area (Å²) in [6.07, 6.45) is 14.8. The number of amides is 5. The summed E-state index contributed by atoms with van der Waals surface area (Å²) < 4.78 is 4.62. The zero-order valence-electron chi connectivity index (χ0n) is 34.7. The third-order valence-corrected chi connectivity index (χ3v) is 11.8. The number of ether oxygens (including phenoxy) is 1. The fourth-order valence-corrected chi connectivity index (χ4v) is 8.47. The van der Waals surface area contributed by atoms with Gasteiger partial charge in [-0.2, -0.15) is 0 Å². The van der Waals surface area contributed by atoms with Crippen LogP contribution >= 0.6 is 0 Å². The molecule has 1 aliphatic heterocycles. The van der Waals surface area contributed by atoms with E-state index in [1.165, 1.54) is 48.4 Å². The molecule has 2 aliphatic carbocycles. The first-order valence-corrected chi connectivity index (χ1v) is 20.8. The number of benzene rings is 1. The number of Topliss-reactive ketones (excluding diaryl/α,β-unsaturated/α-hetero) is 1. The summed E-state index contributed by atoms with van der Waals surface area (Å²) in [5, 5.41) is 18.0. The number of ketones is 1. The molecule has 0 spiro atoms. The van der Waals surface area contributed by atoms with Crippen LogP contribution in [0.3, 0.4) is 0 Å². The maximum absolute atomic E-state index is 14.5. The number of nitrogens with two attached hydrogens (primary N) is 1. The number of nitrogens with one attached hydrogen (secondary N) is 3. The van der Waals surface area contributed by atoms with E-state index in [1.54, 1.807) is 32.9 Å². The highest BCUT2D eigenvalue weighted by atomic mass is 16.5. The predicted molar refractivity (Wildman–Crippen MR) is 218 cm³/mol. The number of esters is 1. The number of carboxylic acid groups (broad SMARTS) is 1. The lowest BCUT2D eigenvalue weighted by Gasteiger charge is -2.37. The minimum Gasteiger partial charge on any atom is -0.478 e. The molecule has 59 heavy (non-hydrogen) atoms. The normalized spacial score (nSPS) is 19.6. The lowest BCUT2D eigenvalue weighted by atomic mass is 9.76. The van der Waals surface area contributed by atoms with Crippen LogP contribution in [0.4, 0.5) is 0 Å². The molecule has 15 heteroatoms. The number of carboxylic acids is 1. The molecule has 3 aliphatic rings. The lowest BCUT2D eigenvalue weighted by molar-refractivity contribution is -0.144. The molecular formula is C44H61N5O10. The van der Waals surface area contributed by atoms with Gasteiger partial charge in [0.05, 0.1) is 18.2 Å². The zero-order chi connectivity index (χ0) is 43.3. The highest BCUT2D eigenvalue weighted by Crippen LogP contribution is 2.34. The minimum absolute atomic E-state index is 0.0281. The maximum atomic E-state index is 14.5. The van der Waals surface area contributed by atoms with Gasteiger partial charge in [-0.05, 0) is 67.9 Å². The van der Waals surface area contributed by atoms with E-state index in [2.05, 4.69) is 20.7 Å². The van der Waals surface area contributed by atoms with Crippen molar-refractivity contribution in [2.24, 2.45) is 28.9 Å². The van der Waals surface area contributed by atoms with Gasteiger partial charge in [0.25, 0.3) is 5.91 Å². The molecule has 1 aromatic rings. The van der Waals surface area contributed by atoms with E-state index in [9.17, 15) is 43.5 Å². The Labute approximate surface area is 346 Å². The third kappa shape index (κ3) is 12.8. The van der Waals surface area contributed by atoms with Gasteiger partial charge in [-0.3, -0.25) is 28.8 Å². The second-order valence-electron chi connectivity index (χ2n) is 17.0. The monoisotopic (exact) mass is 819 g/mol. The number of aromatic carboxylic acids is 1. The predicted octanol–water partition coefficient (Wildman–Crippen LogP) is 4.00. The van der Waals surface area contributed by atoms with Gasteiger partial charge in [-0.1, -0.05) is 89.7 Å². The number of carbonyl (C=O) groups excluding carboxylic acids is 7. The molecule has 5 atom stereocenters. The molecule has 2 saturated carbocycles. The quantitative estimate of drug-likeness (QED) is 0.0812. The summed E-state index contributed by atoms with van der Waals surface area (Å²) in [6, 6.07) is 1.24. The van der Waals surface area contributed by atoms with Gasteiger partial charge in [0.1, 0.15) is 24.2 Å². The van der Waals surface area contributed by atoms with Crippen molar-refractivity contribution < 1.29 is 48.2 Å². The third-order valence-electron chi connectivity index (χ3n) is 11.8. The van der Waals surface area contributed by atoms with Crippen LogP contribution in [0.15, 0.2) is 48.6 Å². The molecule has 15 nitrogen and oxygen atoms in total. The van der Waals surface area contributed by atoms with Gasteiger partial charge in [-0.25, -0.2) is 9.59 Å². The average Bonchev–Trinajstić information content (AvgIpc) is 3.72. The summed E-state index contributed by atoms with van der Waals surface area (Å²) >= 11 is 0. The van der Waals surface area contributed by atoms with E-state index in [0.29, 0.717) is 0 Å². The zero-order valence-corrected chi connectivity index (χ0v) is 34.7. The molecule has 0 unspecified atom stereocenters. The molecule has 0 radical (unpaired) electrons. The Bertz CT molecular complexity index is 1770. The maximum Gasteiger partial charge on any atom is 0.336 e. The van der Waals surface area contributed by atoms with Gasteiger partial charge in [-0.15, -0.1) is 0 Å². The molecule has 0 bridgehead atoms. The first kappa shape index (κ1) is 46.4. The van der Waals surface area contributed by atoms with Gasteiger partial charge in [0.2, 0.25) is 23.6 Å². The summed E-state index contributed by atoms with van der Waals surface area (Å²) in [5.74, 6) is -6.24. The van der Waals surface area contributed by atoms with Crippen molar-refractivity contribution in [1.82, 2.24) is 20.9 Å². The van der Waals surface area contributed by atoms with E-state index in [1.807, 2.05) is 0 Å². The minimum atomic E-state index is -1.33. The van der Waals surface area contributed by atoms with Crippen molar-refractivity contribution in [2.75, 3.05) is 13.7 Å².